The van der Waals surface area contributed by atoms with Crippen LogP contribution in [0.3, 0.4) is 0 Å². The van der Waals surface area contributed by atoms with E-state index in [1.807, 2.05) is 19.1 Å². The number of carbonyl (C=O) groups is 1. The van der Waals surface area contributed by atoms with E-state index in [9.17, 15) is 4.79 Å². The number of carbonyl (C=O) groups excluding carboxylic acids is 1. The van der Waals surface area contributed by atoms with Crippen LogP contribution < -0.4 is 10.1 Å². The summed E-state index contributed by atoms with van der Waals surface area (Å²) in [4.78, 5) is 11.9. The number of halogens is 1. The topological polar surface area (TPSA) is 38.3 Å². The van der Waals surface area contributed by atoms with Crippen molar-refractivity contribution in [2.45, 2.75) is 19.8 Å². The van der Waals surface area contributed by atoms with Crippen LogP contribution in [0.2, 0.25) is 0 Å². The van der Waals surface area contributed by atoms with E-state index in [2.05, 4.69) is 21.2 Å². The predicted molar refractivity (Wildman–Crippen MR) is 75.4 cm³/mol. The summed E-state index contributed by atoms with van der Waals surface area (Å²) in [5.74, 6) is 0.790. The molecule has 0 radical (unpaired) electrons. The number of hydrogen-bond acceptors (Lipinski definition) is 2. The third-order valence-electron chi connectivity index (χ3n) is 3.29. The minimum atomic E-state index is -0.00901. The molecule has 1 fully saturated rings. The fraction of sp³-hybridized carbons (Fsp3) is 0.500. The number of hydrogen-bond donors (Lipinski definition) is 1. The zero-order chi connectivity index (χ0) is 13.0. The SMILES string of the molecule is CCOc1ccc(C(=O)NCC2(CBr)CC2)cc1. The lowest BCUT2D eigenvalue weighted by molar-refractivity contribution is 0.0946. The summed E-state index contributed by atoms with van der Waals surface area (Å²) in [6, 6.07) is 7.26. The molecular formula is C14H18BrNO2. The highest BCUT2D eigenvalue weighted by atomic mass is 79.9. The Kier molecular flexibility index (Phi) is 4.27. The molecule has 0 heterocycles. The molecule has 1 aromatic rings. The van der Waals surface area contributed by atoms with Gasteiger partial charge in [0.25, 0.3) is 5.91 Å². The standard InChI is InChI=1S/C14H18BrNO2/c1-2-18-12-5-3-11(4-6-12)13(17)16-10-14(9-15)7-8-14/h3-6H,2,7-10H2,1H3,(H,16,17). The Morgan fingerprint density at radius 1 is 1.39 bits per heavy atom. The number of nitrogens with one attached hydrogen (secondary N) is 1. The molecule has 1 aromatic carbocycles. The average molecular weight is 312 g/mol. The van der Waals surface area contributed by atoms with Crippen LogP contribution in [0.15, 0.2) is 24.3 Å². The molecule has 1 aliphatic carbocycles. The molecule has 98 valence electrons. The van der Waals surface area contributed by atoms with E-state index < -0.39 is 0 Å². The first kappa shape index (κ1) is 13.4. The van der Waals surface area contributed by atoms with Crippen molar-refractivity contribution in [3.63, 3.8) is 0 Å². The van der Waals surface area contributed by atoms with E-state index in [4.69, 9.17) is 4.74 Å². The summed E-state index contributed by atoms with van der Waals surface area (Å²) in [6.07, 6.45) is 2.39. The summed E-state index contributed by atoms with van der Waals surface area (Å²) in [6.45, 7) is 3.33. The van der Waals surface area contributed by atoms with Crippen LogP contribution in [0, 0.1) is 5.41 Å². The lowest BCUT2D eigenvalue weighted by Crippen LogP contribution is -2.30. The average Bonchev–Trinajstić information content (AvgIpc) is 3.18. The summed E-state index contributed by atoms with van der Waals surface area (Å²) >= 11 is 3.50. The van der Waals surface area contributed by atoms with Gasteiger partial charge in [0.1, 0.15) is 5.75 Å². The summed E-state index contributed by atoms with van der Waals surface area (Å²) in [7, 11) is 0. The maximum absolute atomic E-state index is 11.9. The molecule has 1 amide bonds. The van der Waals surface area contributed by atoms with Gasteiger partial charge in [-0.15, -0.1) is 0 Å². The van der Waals surface area contributed by atoms with Gasteiger partial charge in [-0.3, -0.25) is 4.79 Å². The Balaban J connectivity index is 1.88. The van der Waals surface area contributed by atoms with E-state index in [1.165, 1.54) is 12.8 Å². The monoisotopic (exact) mass is 311 g/mol. The first-order valence-corrected chi connectivity index (χ1v) is 7.38. The summed E-state index contributed by atoms with van der Waals surface area (Å²) in [5, 5.41) is 3.96. The van der Waals surface area contributed by atoms with Crippen LogP contribution in [0.5, 0.6) is 5.75 Å². The smallest absolute Gasteiger partial charge is 0.251 e. The van der Waals surface area contributed by atoms with Gasteiger partial charge in [-0.25, -0.2) is 0 Å². The van der Waals surface area contributed by atoms with Crippen molar-refractivity contribution in [1.29, 1.82) is 0 Å². The molecular weight excluding hydrogens is 294 g/mol. The minimum Gasteiger partial charge on any atom is -0.494 e. The van der Waals surface area contributed by atoms with Crippen LogP contribution in [-0.2, 0) is 0 Å². The first-order valence-electron chi connectivity index (χ1n) is 6.26. The fourth-order valence-corrected chi connectivity index (χ4v) is 2.53. The maximum atomic E-state index is 11.9. The lowest BCUT2D eigenvalue weighted by Gasteiger charge is -2.12. The molecule has 0 aromatic heterocycles. The molecule has 1 N–H and O–H groups in total. The van der Waals surface area contributed by atoms with Gasteiger partial charge in [-0.05, 0) is 49.4 Å². The van der Waals surface area contributed by atoms with Crippen molar-refractivity contribution in [3.05, 3.63) is 29.8 Å². The largest absolute Gasteiger partial charge is 0.494 e. The van der Waals surface area contributed by atoms with E-state index in [-0.39, 0.29) is 5.91 Å². The maximum Gasteiger partial charge on any atom is 0.251 e. The molecule has 0 unspecified atom stereocenters. The van der Waals surface area contributed by atoms with Crippen molar-refractivity contribution in [2.75, 3.05) is 18.5 Å². The summed E-state index contributed by atoms with van der Waals surface area (Å²) < 4.78 is 5.34. The zero-order valence-electron chi connectivity index (χ0n) is 10.5. The lowest BCUT2D eigenvalue weighted by atomic mass is 10.1. The van der Waals surface area contributed by atoms with Gasteiger partial charge >= 0.3 is 0 Å². The first-order chi connectivity index (χ1) is 8.69. The molecule has 0 saturated heterocycles. The van der Waals surface area contributed by atoms with E-state index in [0.717, 1.165) is 17.6 Å². The molecule has 3 nitrogen and oxygen atoms in total. The van der Waals surface area contributed by atoms with Gasteiger partial charge in [-0.1, -0.05) is 15.9 Å². The Labute approximate surface area is 116 Å². The number of benzene rings is 1. The van der Waals surface area contributed by atoms with E-state index in [1.54, 1.807) is 12.1 Å². The minimum absolute atomic E-state index is 0.00901. The van der Waals surface area contributed by atoms with E-state index in [0.29, 0.717) is 17.6 Å². The molecule has 0 aliphatic heterocycles. The molecule has 18 heavy (non-hydrogen) atoms. The van der Waals surface area contributed by atoms with Crippen LogP contribution in [-0.4, -0.2) is 24.4 Å². The van der Waals surface area contributed by atoms with Crippen LogP contribution >= 0.6 is 15.9 Å². The van der Waals surface area contributed by atoms with Crippen molar-refractivity contribution in [1.82, 2.24) is 5.32 Å². The molecule has 0 bridgehead atoms. The molecule has 0 spiro atoms. The van der Waals surface area contributed by atoms with Crippen molar-refractivity contribution in [2.24, 2.45) is 5.41 Å². The van der Waals surface area contributed by atoms with Gasteiger partial charge < -0.3 is 10.1 Å². The Morgan fingerprint density at radius 2 is 2.06 bits per heavy atom. The Bertz CT molecular complexity index is 412. The fourth-order valence-electron chi connectivity index (χ4n) is 1.77. The second kappa shape index (κ2) is 5.74. The molecule has 0 atom stereocenters. The molecule has 2 rings (SSSR count). The van der Waals surface area contributed by atoms with Gasteiger partial charge in [-0.2, -0.15) is 0 Å². The van der Waals surface area contributed by atoms with Gasteiger partial charge in [0, 0.05) is 17.4 Å². The second-order valence-electron chi connectivity index (χ2n) is 4.77. The third-order valence-corrected chi connectivity index (χ3v) is 4.48. The Morgan fingerprint density at radius 3 is 2.56 bits per heavy atom. The highest BCUT2D eigenvalue weighted by molar-refractivity contribution is 9.09. The molecule has 1 saturated carbocycles. The van der Waals surface area contributed by atoms with E-state index >= 15 is 0 Å². The van der Waals surface area contributed by atoms with Crippen LogP contribution in [0.25, 0.3) is 0 Å². The predicted octanol–water partition coefficient (Wildman–Crippen LogP) is 2.99. The molecule has 1 aliphatic rings. The number of alkyl halides is 1. The highest BCUT2D eigenvalue weighted by Gasteiger charge is 2.41. The zero-order valence-corrected chi connectivity index (χ0v) is 12.1. The number of ether oxygens (including phenoxy) is 1. The second-order valence-corrected chi connectivity index (χ2v) is 5.33. The van der Waals surface area contributed by atoms with Gasteiger partial charge in [0.15, 0.2) is 0 Å². The number of amides is 1. The third kappa shape index (κ3) is 3.25. The summed E-state index contributed by atoms with van der Waals surface area (Å²) in [5.41, 5.74) is 0.991. The van der Waals surface area contributed by atoms with Crippen molar-refractivity contribution >= 4 is 21.8 Å². The van der Waals surface area contributed by atoms with Crippen LogP contribution in [0.1, 0.15) is 30.1 Å². The van der Waals surface area contributed by atoms with Crippen molar-refractivity contribution in [3.8, 4) is 5.75 Å². The normalized spacial score (nSPS) is 16.1. The van der Waals surface area contributed by atoms with Crippen LogP contribution in [0.4, 0.5) is 0 Å². The van der Waals surface area contributed by atoms with Crippen molar-refractivity contribution < 1.29 is 9.53 Å². The number of rotatable bonds is 6. The molecule has 4 heteroatoms. The highest BCUT2D eigenvalue weighted by Crippen LogP contribution is 2.46. The quantitative estimate of drug-likeness (QED) is 0.820. The van der Waals surface area contributed by atoms with Gasteiger partial charge in [0.05, 0.1) is 6.61 Å². The van der Waals surface area contributed by atoms with Gasteiger partial charge in [0.2, 0.25) is 0 Å². The Hall–Kier alpha value is -1.03.